The van der Waals surface area contributed by atoms with Crippen LogP contribution in [0.25, 0.3) is 0 Å². The lowest BCUT2D eigenvalue weighted by Gasteiger charge is -2.15. The number of para-hydroxylation sites is 1. The Morgan fingerprint density at radius 3 is 2.62 bits per heavy atom. The van der Waals surface area contributed by atoms with Crippen LogP contribution in [0.5, 0.6) is 11.5 Å². The number of benzene rings is 1. The summed E-state index contributed by atoms with van der Waals surface area (Å²) in [6, 6.07) is 5.33. The smallest absolute Gasteiger partial charge is 0.310 e. The van der Waals surface area contributed by atoms with Crippen LogP contribution in [0.1, 0.15) is 32.8 Å². The van der Waals surface area contributed by atoms with E-state index in [2.05, 4.69) is 15.9 Å². The van der Waals surface area contributed by atoms with Gasteiger partial charge in [-0.05, 0) is 41.9 Å². The highest BCUT2D eigenvalue weighted by Crippen LogP contribution is 2.33. The second-order valence-corrected chi connectivity index (χ2v) is 5.79. The van der Waals surface area contributed by atoms with Gasteiger partial charge in [0, 0.05) is 12.0 Å². The molecule has 5 nitrogen and oxygen atoms in total. The zero-order valence-corrected chi connectivity index (χ0v) is 16.0. The number of aliphatic hydroxyl groups excluding tert-OH is 1. The first-order valence-electron chi connectivity index (χ1n) is 7.68. The van der Waals surface area contributed by atoms with E-state index in [4.69, 9.17) is 14.2 Å². The third kappa shape index (κ3) is 5.92. The van der Waals surface area contributed by atoms with Crippen LogP contribution in [-0.2, 0) is 16.0 Å². The van der Waals surface area contributed by atoms with E-state index in [-0.39, 0.29) is 18.1 Å². The van der Waals surface area contributed by atoms with E-state index < -0.39 is 0 Å². The molecule has 0 atom stereocenters. The summed E-state index contributed by atoms with van der Waals surface area (Å²) in [5.41, 5.74) is 0.667. The molecular formula is C18H23BrO5. The molecule has 0 radical (unpaired) electrons. The molecule has 0 aliphatic carbocycles. The van der Waals surface area contributed by atoms with E-state index in [1.54, 1.807) is 38.1 Å². The molecule has 0 aliphatic rings. The van der Waals surface area contributed by atoms with E-state index in [1.165, 1.54) is 7.11 Å². The Kier molecular flexibility index (Phi) is 8.40. The highest BCUT2D eigenvalue weighted by molar-refractivity contribution is 9.11. The number of halogens is 1. The molecule has 0 aromatic heterocycles. The molecule has 6 heteroatoms. The van der Waals surface area contributed by atoms with E-state index >= 15 is 0 Å². The molecule has 0 spiro atoms. The highest BCUT2D eigenvalue weighted by Gasteiger charge is 2.15. The maximum atomic E-state index is 11.8. The van der Waals surface area contributed by atoms with Crippen LogP contribution in [0.15, 0.2) is 40.3 Å². The van der Waals surface area contributed by atoms with E-state index in [0.717, 1.165) is 0 Å². The summed E-state index contributed by atoms with van der Waals surface area (Å²) in [6.45, 7) is 5.69. The van der Waals surface area contributed by atoms with Crippen molar-refractivity contribution in [3.63, 3.8) is 0 Å². The third-order valence-corrected chi connectivity index (χ3v) is 3.81. The number of allylic oxidation sites excluding steroid dienone is 4. The molecule has 1 rings (SSSR count). The maximum absolute atomic E-state index is 11.8. The van der Waals surface area contributed by atoms with Crippen LogP contribution in [0, 0.1) is 0 Å². The van der Waals surface area contributed by atoms with Gasteiger partial charge in [-0.25, -0.2) is 0 Å². The maximum Gasteiger partial charge on any atom is 0.310 e. The number of hydrogen-bond donors (Lipinski definition) is 1. The van der Waals surface area contributed by atoms with Crippen molar-refractivity contribution in [3.05, 3.63) is 45.8 Å². The van der Waals surface area contributed by atoms with Gasteiger partial charge in [0.1, 0.15) is 11.5 Å². The minimum Gasteiger partial charge on any atom is -0.511 e. The van der Waals surface area contributed by atoms with Crippen molar-refractivity contribution in [3.8, 4) is 11.5 Å². The molecule has 0 heterocycles. The van der Waals surface area contributed by atoms with E-state index in [9.17, 15) is 9.90 Å². The van der Waals surface area contributed by atoms with E-state index in [0.29, 0.717) is 40.3 Å². The number of carbonyl (C=O) groups is 1. The number of ether oxygens (including phenoxy) is 3. The topological polar surface area (TPSA) is 65.0 Å². The summed E-state index contributed by atoms with van der Waals surface area (Å²) in [6.07, 6.45) is 2.26. The van der Waals surface area contributed by atoms with Crippen molar-refractivity contribution in [1.29, 1.82) is 0 Å². The van der Waals surface area contributed by atoms with Gasteiger partial charge in [0.2, 0.25) is 0 Å². The van der Waals surface area contributed by atoms with Gasteiger partial charge in [0.05, 0.1) is 24.6 Å². The van der Waals surface area contributed by atoms with Crippen molar-refractivity contribution in [1.82, 2.24) is 0 Å². The molecule has 0 bridgehead atoms. The average Bonchev–Trinajstić information content (AvgIpc) is 2.55. The Bertz CT molecular complexity index is 634. The van der Waals surface area contributed by atoms with Crippen molar-refractivity contribution in [2.75, 3.05) is 13.7 Å². The molecule has 0 unspecified atom stereocenters. The predicted molar refractivity (Wildman–Crippen MR) is 96.6 cm³/mol. The van der Waals surface area contributed by atoms with Crippen molar-refractivity contribution in [2.24, 2.45) is 0 Å². The quantitative estimate of drug-likeness (QED) is 0.391. The van der Waals surface area contributed by atoms with Crippen LogP contribution in [0.3, 0.4) is 0 Å². The number of esters is 1. The van der Waals surface area contributed by atoms with Crippen molar-refractivity contribution < 1.29 is 24.1 Å². The molecule has 0 saturated carbocycles. The summed E-state index contributed by atoms with van der Waals surface area (Å²) in [5, 5.41) is 9.72. The monoisotopic (exact) mass is 398 g/mol. The molecule has 1 aromatic rings. The Labute approximate surface area is 151 Å². The van der Waals surface area contributed by atoms with Crippen LogP contribution in [0.2, 0.25) is 0 Å². The second kappa shape index (κ2) is 10.0. The van der Waals surface area contributed by atoms with Gasteiger partial charge in [0.25, 0.3) is 0 Å². The molecule has 0 amide bonds. The minimum absolute atomic E-state index is 0.0882. The predicted octanol–water partition coefficient (Wildman–Crippen LogP) is 4.66. The minimum atomic E-state index is -0.332. The summed E-state index contributed by atoms with van der Waals surface area (Å²) in [5.74, 6) is 1.41. The lowest BCUT2D eigenvalue weighted by atomic mass is 10.1. The van der Waals surface area contributed by atoms with Gasteiger partial charge in [0.15, 0.2) is 11.5 Å². The summed E-state index contributed by atoms with van der Waals surface area (Å²) in [7, 11) is 1.54. The number of methoxy groups -OCH3 is 1. The molecule has 0 saturated heterocycles. The Morgan fingerprint density at radius 1 is 1.33 bits per heavy atom. The summed E-state index contributed by atoms with van der Waals surface area (Å²) in [4.78, 5) is 11.8. The molecule has 1 N–H and O–H groups in total. The van der Waals surface area contributed by atoms with Gasteiger partial charge in [-0.2, -0.15) is 0 Å². The third-order valence-electron chi connectivity index (χ3n) is 3.12. The largest absolute Gasteiger partial charge is 0.511 e. The normalized spacial score (nSPS) is 12.5. The molecule has 132 valence electrons. The fourth-order valence-corrected chi connectivity index (χ4v) is 2.57. The molecule has 24 heavy (non-hydrogen) atoms. The highest BCUT2D eigenvalue weighted by atomic mass is 79.9. The Morgan fingerprint density at radius 2 is 2.04 bits per heavy atom. The number of rotatable bonds is 8. The second-order valence-electron chi connectivity index (χ2n) is 4.94. The van der Waals surface area contributed by atoms with Crippen molar-refractivity contribution >= 4 is 21.9 Å². The van der Waals surface area contributed by atoms with Crippen LogP contribution < -0.4 is 9.47 Å². The first-order valence-corrected chi connectivity index (χ1v) is 8.47. The summed E-state index contributed by atoms with van der Waals surface area (Å²) >= 11 is 3.30. The van der Waals surface area contributed by atoms with Crippen molar-refractivity contribution in [2.45, 2.75) is 33.6 Å². The lowest BCUT2D eigenvalue weighted by molar-refractivity contribution is -0.142. The average molecular weight is 399 g/mol. The molecular weight excluding hydrogens is 376 g/mol. The SMILES string of the molecule is CCOC(=O)Cc1cccc(OC)c1O/C(C)=C/C(Br)=C(/O)CC. The first-order chi connectivity index (χ1) is 11.4. The Hall–Kier alpha value is -1.95. The molecule has 0 aliphatic heterocycles. The first kappa shape index (κ1) is 20.1. The molecule has 0 fully saturated rings. The van der Waals surface area contributed by atoms with Crippen LogP contribution >= 0.6 is 15.9 Å². The standard InChI is InChI=1S/C18H23BrO5/c1-5-15(20)14(19)10-12(3)24-18-13(11-17(21)23-6-2)8-7-9-16(18)22-4/h7-10,20H,5-6,11H2,1-4H3/b12-10+,15-14-. The zero-order valence-electron chi connectivity index (χ0n) is 14.4. The van der Waals surface area contributed by atoms with Crippen LogP contribution in [0.4, 0.5) is 0 Å². The van der Waals surface area contributed by atoms with Gasteiger partial charge in [-0.15, -0.1) is 0 Å². The van der Waals surface area contributed by atoms with E-state index in [1.807, 2.05) is 6.92 Å². The van der Waals surface area contributed by atoms with Gasteiger partial charge in [-0.1, -0.05) is 19.1 Å². The van der Waals surface area contributed by atoms with Gasteiger partial charge >= 0.3 is 5.97 Å². The van der Waals surface area contributed by atoms with Gasteiger partial charge < -0.3 is 19.3 Å². The zero-order chi connectivity index (χ0) is 18.1. The number of hydrogen-bond acceptors (Lipinski definition) is 5. The Balaban J connectivity index is 3.12. The number of carbonyl (C=O) groups excluding carboxylic acids is 1. The summed E-state index contributed by atoms with van der Waals surface area (Å²) < 4.78 is 16.7. The fraction of sp³-hybridized carbons (Fsp3) is 0.389. The van der Waals surface area contributed by atoms with Crippen LogP contribution in [-0.4, -0.2) is 24.8 Å². The fourth-order valence-electron chi connectivity index (χ4n) is 1.97. The molecule has 1 aromatic carbocycles. The van der Waals surface area contributed by atoms with Gasteiger partial charge in [-0.3, -0.25) is 4.79 Å². The lowest BCUT2D eigenvalue weighted by Crippen LogP contribution is -2.09. The number of aliphatic hydroxyl groups is 1.